The predicted molar refractivity (Wildman–Crippen MR) is 118 cm³/mol. The molecule has 0 aliphatic heterocycles. The van der Waals surface area contributed by atoms with Gasteiger partial charge in [0.2, 0.25) is 5.91 Å². The molecule has 0 fully saturated rings. The second-order valence-electron chi connectivity index (χ2n) is 7.21. The lowest BCUT2D eigenvalue weighted by atomic mass is 9.95. The molecular weight excluding hydrogens is 401 g/mol. The van der Waals surface area contributed by atoms with Gasteiger partial charge in [0.1, 0.15) is 17.0 Å². The van der Waals surface area contributed by atoms with Crippen LogP contribution in [0.4, 0.5) is 4.39 Å². The number of nitrogens with zero attached hydrogens (tertiary/aromatic N) is 1. The highest BCUT2D eigenvalue weighted by molar-refractivity contribution is 6.29. The zero-order valence-corrected chi connectivity index (χ0v) is 17.8. The molecule has 4 nitrogen and oxygen atoms in total. The number of likely N-dealkylation sites (N-methyl/N-ethyl adjacent to an activating group) is 1. The van der Waals surface area contributed by atoms with Crippen LogP contribution in [0.25, 0.3) is 0 Å². The molecule has 3 rings (SSSR count). The van der Waals surface area contributed by atoms with E-state index in [1.807, 2.05) is 42.5 Å². The van der Waals surface area contributed by atoms with Crippen LogP contribution in [-0.2, 0) is 11.2 Å². The maximum atomic E-state index is 13.9. The van der Waals surface area contributed by atoms with Gasteiger partial charge in [0.15, 0.2) is 0 Å². The van der Waals surface area contributed by atoms with Crippen LogP contribution in [0.15, 0.2) is 66.9 Å². The van der Waals surface area contributed by atoms with Crippen molar-refractivity contribution in [1.29, 1.82) is 0 Å². The molecule has 1 aromatic heterocycles. The maximum absolute atomic E-state index is 13.9. The van der Waals surface area contributed by atoms with E-state index in [2.05, 4.69) is 15.6 Å². The molecule has 30 heavy (non-hydrogen) atoms. The zero-order valence-electron chi connectivity index (χ0n) is 17.0. The Labute approximate surface area is 181 Å². The molecule has 0 aliphatic carbocycles. The minimum atomic E-state index is -0.532. The first-order chi connectivity index (χ1) is 14.5. The SMILES string of the molecule is CNC(=O)C(NC(CCc1ccc(Cl)nc1)c1ccc(F)c(C)c1)c1ccccc1. The minimum Gasteiger partial charge on any atom is -0.358 e. The van der Waals surface area contributed by atoms with Crippen molar-refractivity contribution < 1.29 is 9.18 Å². The van der Waals surface area contributed by atoms with Gasteiger partial charge >= 0.3 is 0 Å². The highest BCUT2D eigenvalue weighted by Gasteiger charge is 2.24. The van der Waals surface area contributed by atoms with Gasteiger partial charge in [0.05, 0.1) is 0 Å². The summed E-state index contributed by atoms with van der Waals surface area (Å²) >= 11 is 5.89. The van der Waals surface area contributed by atoms with Gasteiger partial charge in [0, 0.05) is 19.3 Å². The second-order valence-corrected chi connectivity index (χ2v) is 7.60. The molecule has 0 aliphatic rings. The number of amides is 1. The van der Waals surface area contributed by atoms with Crippen molar-refractivity contribution in [3.8, 4) is 0 Å². The van der Waals surface area contributed by atoms with Crippen LogP contribution < -0.4 is 10.6 Å². The van der Waals surface area contributed by atoms with Crippen molar-refractivity contribution in [2.75, 3.05) is 7.05 Å². The topological polar surface area (TPSA) is 54.0 Å². The Morgan fingerprint density at radius 1 is 1.10 bits per heavy atom. The number of halogens is 2. The van der Waals surface area contributed by atoms with Crippen molar-refractivity contribution in [2.45, 2.75) is 31.8 Å². The molecule has 0 spiro atoms. The van der Waals surface area contributed by atoms with E-state index in [0.717, 1.165) is 23.1 Å². The van der Waals surface area contributed by atoms with Crippen molar-refractivity contribution in [1.82, 2.24) is 15.6 Å². The average molecular weight is 426 g/mol. The van der Waals surface area contributed by atoms with E-state index in [-0.39, 0.29) is 17.8 Å². The molecule has 156 valence electrons. The normalized spacial score (nSPS) is 12.9. The molecule has 2 N–H and O–H groups in total. The van der Waals surface area contributed by atoms with Crippen molar-refractivity contribution in [3.63, 3.8) is 0 Å². The second kappa shape index (κ2) is 10.3. The number of carbonyl (C=O) groups excluding carboxylic acids is 1. The summed E-state index contributed by atoms with van der Waals surface area (Å²) in [6.45, 7) is 1.74. The summed E-state index contributed by atoms with van der Waals surface area (Å²) in [4.78, 5) is 16.8. The smallest absolute Gasteiger partial charge is 0.241 e. The molecule has 0 saturated carbocycles. The molecule has 1 heterocycles. The third-order valence-electron chi connectivity index (χ3n) is 5.10. The van der Waals surface area contributed by atoms with Gasteiger partial charge in [-0.25, -0.2) is 9.37 Å². The number of hydrogen-bond donors (Lipinski definition) is 2. The molecular formula is C24H25ClFN3O. The standard InChI is InChI=1S/C24H25ClFN3O/c1-16-14-19(10-11-20(16)26)21(12-8-17-9-13-22(25)28-15-17)29-23(24(30)27-2)18-6-4-3-5-7-18/h3-7,9-11,13-15,21,23,29H,8,12H2,1-2H3,(H,27,30). The highest BCUT2D eigenvalue weighted by Crippen LogP contribution is 2.26. The fourth-order valence-corrected chi connectivity index (χ4v) is 3.52. The zero-order chi connectivity index (χ0) is 21.5. The number of carbonyl (C=O) groups is 1. The Morgan fingerprint density at radius 2 is 1.87 bits per heavy atom. The Kier molecular flexibility index (Phi) is 7.55. The quantitative estimate of drug-likeness (QED) is 0.503. The number of aryl methyl sites for hydroxylation is 2. The van der Waals surface area contributed by atoms with Gasteiger partial charge < -0.3 is 5.32 Å². The number of aromatic nitrogens is 1. The number of nitrogens with one attached hydrogen (secondary N) is 2. The van der Waals surface area contributed by atoms with Crippen LogP contribution in [0.1, 0.15) is 40.8 Å². The number of rotatable bonds is 8. The first-order valence-electron chi connectivity index (χ1n) is 9.87. The van der Waals surface area contributed by atoms with Crippen LogP contribution in [-0.4, -0.2) is 17.9 Å². The van der Waals surface area contributed by atoms with Crippen LogP contribution in [0.2, 0.25) is 5.15 Å². The van der Waals surface area contributed by atoms with Crippen molar-refractivity contribution >= 4 is 17.5 Å². The van der Waals surface area contributed by atoms with Crippen molar-refractivity contribution in [3.05, 3.63) is 100 Å². The molecule has 6 heteroatoms. The predicted octanol–water partition coefficient (Wildman–Crippen LogP) is 4.93. The molecule has 2 atom stereocenters. The van der Waals surface area contributed by atoms with Crippen molar-refractivity contribution in [2.24, 2.45) is 0 Å². The summed E-state index contributed by atoms with van der Waals surface area (Å²) in [6, 6.07) is 17.6. The van der Waals surface area contributed by atoms with Crippen LogP contribution in [0.5, 0.6) is 0 Å². The van der Waals surface area contributed by atoms with Gasteiger partial charge in [-0.05, 0) is 54.2 Å². The molecule has 0 saturated heterocycles. The van der Waals surface area contributed by atoms with E-state index in [9.17, 15) is 9.18 Å². The summed E-state index contributed by atoms with van der Waals surface area (Å²) in [5.41, 5.74) is 3.42. The fourth-order valence-electron chi connectivity index (χ4n) is 3.41. The number of hydrogen-bond acceptors (Lipinski definition) is 3. The lowest BCUT2D eigenvalue weighted by Gasteiger charge is -2.26. The van der Waals surface area contributed by atoms with Gasteiger partial charge in [-0.3, -0.25) is 10.1 Å². The molecule has 3 aromatic rings. The van der Waals surface area contributed by atoms with E-state index in [0.29, 0.717) is 17.1 Å². The van der Waals surface area contributed by atoms with E-state index < -0.39 is 6.04 Å². The van der Waals surface area contributed by atoms with Gasteiger partial charge in [-0.15, -0.1) is 0 Å². The summed E-state index contributed by atoms with van der Waals surface area (Å²) < 4.78 is 13.9. The van der Waals surface area contributed by atoms with E-state index >= 15 is 0 Å². The average Bonchev–Trinajstić information content (AvgIpc) is 2.77. The highest BCUT2D eigenvalue weighted by atomic mass is 35.5. The molecule has 0 bridgehead atoms. The molecule has 0 radical (unpaired) electrons. The maximum Gasteiger partial charge on any atom is 0.241 e. The first kappa shape index (κ1) is 21.9. The van der Waals surface area contributed by atoms with Crippen LogP contribution in [0, 0.1) is 12.7 Å². The lowest BCUT2D eigenvalue weighted by Crippen LogP contribution is -2.38. The molecule has 1 amide bonds. The monoisotopic (exact) mass is 425 g/mol. The summed E-state index contributed by atoms with van der Waals surface area (Å²) in [5, 5.41) is 6.67. The lowest BCUT2D eigenvalue weighted by molar-refractivity contribution is -0.123. The van der Waals surface area contributed by atoms with Crippen LogP contribution >= 0.6 is 11.6 Å². The summed E-state index contributed by atoms with van der Waals surface area (Å²) in [6.07, 6.45) is 3.19. The van der Waals surface area contributed by atoms with Gasteiger partial charge in [-0.2, -0.15) is 0 Å². The Hall–Kier alpha value is -2.76. The third-order valence-corrected chi connectivity index (χ3v) is 5.33. The van der Waals surface area contributed by atoms with E-state index in [4.69, 9.17) is 11.6 Å². The Morgan fingerprint density at radius 3 is 2.50 bits per heavy atom. The number of pyridine rings is 1. The van der Waals surface area contributed by atoms with Crippen LogP contribution in [0.3, 0.4) is 0 Å². The first-order valence-corrected chi connectivity index (χ1v) is 10.2. The summed E-state index contributed by atoms with van der Waals surface area (Å²) in [5.74, 6) is -0.372. The summed E-state index contributed by atoms with van der Waals surface area (Å²) in [7, 11) is 1.62. The molecule has 2 unspecified atom stereocenters. The fraction of sp³-hybridized carbons (Fsp3) is 0.250. The largest absolute Gasteiger partial charge is 0.358 e. The minimum absolute atomic E-state index is 0.127. The van der Waals surface area contributed by atoms with Gasteiger partial charge in [0.25, 0.3) is 0 Å². The molecule has 2 aromatic carbocycles. The van der Waals surface area contributed by atoms with E-state index in [1.165, 1.54) is 6.07 Å². The van der Waals surface area contributed by atoms with E-state index in [1.54, 1.807) is 32.3 Å². The Bertz CT molecular complexity index is 980. The number of benzene rings is 2. The Balaban J connectivity index is 1.89. The van der Waals surface area contributed by atoms with Gasteiger partial charge in [-0.1, -0.05) is 60.1 Å². The third kappa shape index (κ3) is 5.65.